The lowest BCUT2D eigenvalue weighted by molar-refractivity contribution is -0.137. The Bertz CT molecular complexity index is 837. The third kappa shape index (κ3) is 3.70. The van der Waals surface area contributed by atoms with E-state index in [1.165, 1.54) is 12.1 Å². The number of benzene rings is 2. The summed E-state index contributed by atoms with van der Waals surface area (Å²) in [5, 5.41) is 2.97. The van der Waals surface area contributed by atoms with Crippen molar-refractivity contribution in [3.63, 3.8) is 0 Å². The van der Waals surface area contributed by atoms with Crippen molar-refractivity contribution in [1.29, 1.82) is 0 Å². The highest BCUT2D eigenvalue weighted by Gasteiger charge is 2.40. The molecule has 1 heterocycles. The normalized spacial score (nSPS) is 17.7. The maximum absolute atomic E-state index is 12.9. The number of rotatable bonds is 4. The summed E-state index contributed by atoms with van der Waals surface area (Å²) in [7, 11) is 0. The van der Waals surface area contributed by atoms with Gasteiger partial charge in [-0.05, 0) is 48.7 Å². The molecule has 0 radical (unpaired) electrons. The summed E-state index contributed by atoms with van der Waals surface area (Å²) >= 11 is 1.57. The van der Waals surface area contributed by atoms with Gasteiger partial charge < -0.3 is 5.32 Å². The number of carbonyl (C=O) groups excluding carboxylic acids is 2. The van der Waals surface area contributed by atoms with Crippen LogP contribution in [0.2, 0.25) is 0 Å². The van der Waals surface area contributed by atoms with Crippen LogP contribution in [-0.4, -0.2) is 24.1 Å². The van der Waals surface area contributed by atoms with Gasteiger partial charge in [-0.25, -0.2) is 4.90 Å². The lowest BCUT2D eigenvalue weighted by atomic mass is 10.2. The number of anilines is 2. The van der Waals surface area contributed by atoms with E-state index in [4.69, 9.17) is 0 Å². The molecule has 0 spiro atoms. The third-order valence-corrected chi connectivity index (χ3v) is 4.75. The number of hydrogen-bond acceptors (Lipinski definition) is 4. The summed E-state index contributed by atoms with van der Waals surface area (Å²) in [6.07, 6.45) is -2.72. The molecule has 1 N–H and O–H groups in total. The summed E-state index contributed by atoms with van der Waals surface area (Å²) in [6, 6.07) is 10.7. The second kappa shape index (κ2) is 7.03. The Morgan fingerprint density at radius 2 is 1.81 bits per heavy atom. The first kappa shape index (κ1) is 18.3. The molecule has 2 aromatic carbocycles. The van der Waals surface area contributed by atoms with Crippen LogP contribution in [0.3, 0.4) is 0 Å². The van der Waals surface area contributed by atoms with Crippen molar-refractivity contribution >= 4 is 35.0 Å². The first-order valence-electron chi connectivity index (χ1n) is 7.74. The second-order valence-corrected chi connectivity index (χ2v) is 6.62. The molecule has 0 aliphatic carbocycles. The molecular weight excluding hydrogens is 365 g/mol. The SMILES string of the molecule is CSc1ccc(NC2CC(=O)N(c3cccc(C(F)(F)F)c3)C2=O)cc1. The molecule has 1 fully saturated rings. The summed E-state index contributed by atoms with van der Waals surface area (Å²) in [5.74, 6) is -1.10. The molecule has 26 heavy (non-hydrogen) atoms. The van der Waals surface area contributed by atoms with Crippen LogP contribution < -0.4 is 10.2 Å². The number of nitrogens with zero attached hydrogens (tertiary/aromatic N) is 1. The van der Waals surface area contributed by atoms with Crippen LogP contribution in [0.5, 0.6) is 0 Å². The summed E-state index contributed by atoms with van der Waals surface area (Å²) in [6.45, 7) is 0. The minimum Gasteiger partial charge on any atom is -0.373 e. The van der Waals surface area contributed by atoms with Crippen LogP contribution in [0.4, 0.5) is 24.5 Å². The van der Waals surface area contributed by atoms with Crippen LogP contribution in [-0.2, 0) is 15.8 Å². The van der Waals surface area contributed by atoms with E-state index in [0.717, 1.165) is 21.9 Å². The van der Waals surface area contributed by atoms with E-state index in [1.807, 2.05) is 18.4 Å². The van der Waals surface area contributed by atoms with Crippen molar-refractivity contribution in [2.75, 3.05) is 16.5 Å². The fraction of sp³-hybridized carbons (Fsp3) is 0.222. The zero-order chi connectivity index (χ0) is 18.9. The standard InChI is InChI=1S/C18H15F3N2O2S/c1-26-14-7-5-12(6-8-14)22-15-10-16(24)23(17(15)25)13-4-2-3-11(9-13)18(19,20)21/h2-9,15,22H,10H2,1H3. The number of nitrogens with one attached hydrogen (secondary N) is 1. The highest BCUT2D eigenvalue weighted by Crippen LogP contribution is 2.33. The van der Waals surface area contributed by atoms with Crippen molar-refractivity contribution in [1.82, 2.24) is 0 Å². The first-order valence-corrected chi connectivity index (χ1v) is 8.97. The zero-order valence-electron chi connectivity index (χ0n) is 13.7. The number of thioether (sulfide) groups is 1. The Hall–Kier alpha value is -2.48. The van der Waals surface area contributed by atoms with E-state index >= 15 is 0 Å². The molecule has 136 valence electrons. The minimum absolute atomic E-state index is 0.0724. The van der Waals surface area contributed by atoms with Crippen molar-refractivity contribution in [2.24, 2.45) is 0 Å². The second-order valence-electron chi connectivity index (χ2n) is 5.75. The lowest BCUT2D eigenvalue weighted by Gasteiger charge is -2.17. The third-order valence-electron chi connectivity index (χ3n) is 4.01. The number of alkyl halides is 3. The molecule has 1 saturated heterocycles. The van der Waals surface area contributed by atoms with E-state index in [0.29, 0.717) is 5.69 Å². The number of carbonyl (C=O) groups is 2. The molecule has 2 aromatic rings. The Kier molecular flexibility index (Phi) is 4.95. The molecule has 8 heteroatoms. The van der Waals surface area contributed by atoms with Gasteiger partial charge in [0, 0.05) is 10.6 Å². The van der Waals surface area contributed by atoms with E-state index in [9.17, 15) is 22.8 Å². The monoisotopic (exact) mass is 380 g/mol. The van der Waals surface area contributed by atoms with Crippen LogP contribution in [0.1, 0.15) is 12.0 Å². The van der Waals surface area contributed by atoms with E-state index in [-0.39, 0.29) is 12.1 Å². The number of imide groups is 1. The van der Waals surface area contributed by atoms with Crippen molar-refractivity contribution in [3.8, 4) is 0 Å². The Balaban J connectivity index is 1.80. The van der Waals surface area contributed by atoms with Gasteiger partial charge >= 0.3 is 6.18 Å². The van der Waals surface area contributed by atoms with Crippen LogP contribution >= 0.6 is 11.8 Å². The molecule has 0 aromatic heterocycles. The molecule has 1 aliphatic rings. The molecule has 1 unspecified atom stereocenters. The Morgan fingerprint density at radius 3 is 2.42 bits per heavy atom. The minimum atomic E-state index is -4.54. The smallest absolute Gasteiger partial charge is 0.373 e. The molecule has 1 aliphatic heterocycles. The van der Waals surface area contributed by atoms with Crippen LogP contribution in [0, 0.1) is 0 Å². The maximum Gasteiger partial charge on any atom is 0.416 e. The highest BCUT2D eigenvalue weighted by molar-refractivity contribution is 7.98. The highest BCUT2D eigenvalue weighted by atomic mass is 32.2. The van der Waals surface area contributed by atoms with E-state index in [2.05, 4.69) is 5.32 Å². The van der Waals surface area contributed by atoms with Gasteiger partial charge in [-0.3, -0.25) is 9.59 Å². The molecule has 1 atom stereocenters. The largest absolute Gasteiger partial charge is 0.416 e. The van der Waals surface area contributed by atoms with Crippen LogP contribution in [0.15, 0.2) is 53.4 Å². The van der Waals surface area contributed by atoms with Gasteiger partial charge in [0.2, 0.25) is 5.91 Å². The first-order chi connectivity index (χ1) is 12.3. The molecule has 0 bridgehead atoms. The number of hydrogen-bond donors (Lipinski definition) is 1. The number of halogens is 3. The Morgan fingerprint density at radius 1 is 1.12 bits per heavy atom. The van der Waals surface area contributed by atoms with Crippen LogP contribution in [0.25, 0.3) is 0 Å². The van der Waals surface area contributed by atoms with Gasteiger partial charge in [-0.1, -0.05) is 6.07 Å². The van der Waals surface area contributed by atoms with Crippen molar-refractivity contribution < 1.29 is 22.8 Å². The van der Waals surface area contributed by atoms with Gasteiger partial charge in [0.05, 0.1) is 17.7 Å². The predicted octanol–water partition coefficient (Wildman–Crippen LogP) is 4.17. The van der Waals surface area contributed by atoms with E-state index < -0.39 is 29.6 Å². The van der Waals surface area contributed by atoms with E-state index in [1.54, 1.807) is 23.9 Å². The molecule has 0 saturated carbocycles. The Labute approximate surface area is 152 Å². The average molecular weight is 380 g/mol. The van der Waals surface area contributed by atoms with Gasteiger partial charge in [0.15, 0.2) is 0 Å². The quantitative estimate of drug-likeness (QED) is 0.639. The van der Waals surface area contributed by atoms with Gasteiger partial charge in [-0.15, -0.1) is 11.8 Å². The predicted molar refractivity (Wildman–Crippen MR) is 94.2 cm³/mol. The zero-order valence-corrected chi connectivity index (χ0v) is 14.5. The summed E-state index contributed by atoms with van der Waals surface area (Å²) in [4.78, 5) is 26.6. The topological polar surface area (TPSA) is 49.4 Å². The molecule has 2 amide bonds. The van der Waals surface area contributed by atoms with Crippen molar-refractivity contribution in [3.05, 3.63) is 54.1 Å². The maximum atomic E-state index is 12.9. The number of amides is 2. The van der Waals surface area contributed by atoms with Crippen molar-refractivity contribution in [2.45, 2.75) is 23.5 Å². The van der Waals surface area contributed by atoms with Gasteiger partial charge in [0.1, 0.15) is 6.04 Å². The fourth-order valence-corrected chi connectivity index (χ4v) is 3.13. The summed E-state index contributed by atoms with van der Waals surface area (Å²) < 4.78 is 38.6. The van der Waals surface area contributed by atoms with Gasteiger partial charge in [0.25, 0.3) is 5.91 Å². The molecular formula is C18H15F3N2O2S. The lowest BCUT2D eigenvalue weighted by Crippen LogP contribution is -2.35. The molecule has 3 rings (SSSR count). The average Bonchev–Trinajstić information content (AvgIpc) is 2.88. The van der Waals surface area contributed by atoms with Gasteiger partial charge in [-0.2, -0.15) is 13.2 Å². The summed E-state index contributed by atoms with van der Waals surface area (Å²) in [5.41, 5.74) is -0.309. The fourth-order valence-electron chi connectivity index (χ4n) is 2.73. The molecule has 4 nitrogen and oxygen atoms in total.